The SMILES string of the molecule is [N-]=[N+]=Nc1c(F)c(F)c(C(=O)O)c(C(=C2C=CC(=[N+]3CCC3)C=C2)c2ccc(N3CCC3)cc2)c1F. The minimum Gasteiger partial charge on any atom is -0.478 e. The molecule has 2 saturated heterocycles. The molecule has 36 heavy (non-hydrogen) atoms. The van der Waals surface area contributed by atoms with E-state index in [-0.39, 0.29) is 5.57 Å². The standard InChI is InChI=1S/C26H20F3N5O2/c27-22-21(26(35)36)20(23(28)25(24(22)29)31-32-30)19(15-3-7-17(8-4-15)33-11-1-12-33)16-5-9-18(10-6-16)34-13-2-14-34/h3-10H,1-2,11-14H2/p+1. The smallest absolute Gasteiger partial charge is 0.339 e. The second kappa shape index (κ2) is 9.39. The van der Waals surface area contributed by atoms with Crippen molar-refractivity contribution in [3.05, 3.63) is 98.7 Å². The first-order chi connectivity index (χ1) is 17.4. The molecule has 2 aliphatic heterocycles. The Morgan fingerprint density at radius 1 is 0.944 bits per heavy atom. The van der Waals surface area contributed by atoms with Gasteiger partial charge in [-0.25, -0.2) is 22.5 Å². The summed E-state index contributed by atoms with van der Waals surface area (Å²) in [6.07, 6.45) is 9.15. The molecule has 2 heterocycles. The quantitative estimate of drug-likeness (QED) is 0.190. The van der Waals surface area contributed by atoms with Gasteiger partial charge in [0.05, 0.1) is 6.42 Å². The molecule has 2 fully saturated rings. The Hall–Kier alpha value is -4.30. The van der Waals surface area contributed by atoms with Crippen LogP contribution in [0, 0.1) is 17.5 Å². The minimum absolute atomic E-state index is 0.0449. The van der Waals surface area contributed by atoms with Crippen molar-refractivity contribution in [2.45, 2.75) is 12.8 Å². The van der Waals surface area contributed by atoms with Gasteiger partial charge >= 0.3 is 5.97 Å². The Labute approximate surface area is 204 Å². The van der Waals surface area contributed by atoms with Crippen LogP contribution in [-0.2, 0) is 0 Å². The summed E-state index contributed by atoms with van der Waals surface area (Å²) in [6.45, 7) is 3.63. The fourth-order valence-electron chi connectivity index (χ4n) is 4.50. The molecular formula is C26H21F3N5O2+. The van der Waals surface area contributed by atoms with Crippen LogP contribution in [0.1, 0.15) is 34.3 Å². The van der Waals surface area contributed by atoms with Gasteiger partial charge in [-0.2, -0.15) is 0 Å². The molecule has 1 aliphatic carbocycles. The third-order valence-corrected chi connectivity index (χ3v) is 6.66. The van der Waals surface area contributed by atoms with Gasteiger partial charge < -0.3 is 10.0 Å². The largest absolute Gasteiger partial charge is 0.478 e. The summed E-state index contributed by atoms with van der Waals surface area (Å²) in [6, 6.07) is 7.00. The predicted molar refractivity (Wildman–Crippen MR) is 129 cm³/mol. The maximum absolute atomic E-state index is 15.7. The molecule has 0 radical (unpaired) electrons. The molecule has 10 heteroatoms. The fourth-order valence-corrected chi connectivity index (χ4v) is 4.50. The van der Waals surface area contributed by atoms with Gasteiger partial charge in [0, 0.05) is 47.0 Å². The summed E-state index contributed by atoms with van der Waals surface area (Å²) >= 11 is 0. The summed E-state index contributed by atoms with van der Waals surface area (Å²) in [5.41, 5.74) is 8.44. The van der Waals surface area contributed by atoms with E-state index in [1.165, 1.54) is 0 Å². The van der Waals surface area contributed by atoms with E-state index in [1.54, 1.807) is 24.3 Å². The van der Waals surface area contributed by atoms with Gasteiger partial charge in [-0.05, 0) is 47.4 Å². The number of carboxylic acid groups (broad SMARTS) is 1. The zero-order chi connectivity index (χ0) is 25.4. The van der Waals surface area contributed by atoms with Crippen molar-refractivity contribution in [1.29, 1.82) is 0 Å². The lowest BCUT2D eigenvalue weighted by atomic mass is 9.86. The highest BCUT2D eigenvalue weighted by molar-refractivity contribution is 6.05. The Balaban J connectivity index is 1.77. The molecule has 2 aromatic carbocycles. The van der Waals surface area contributed by atoms with E-state index in [0.717, 1.165) is 50.4 Å². The highest BCUT2D eigenvalue weighted by Gasteiger charge is 2.32. The van der Waals surface area contributed by atoms with Crippen molar-refractivity contribution in [2.75, 3.05) is 31.1 Å². The van der Waals surface area contributed by atoms with Crippen molar-refractivity contribution < 1.29 is 27.6 Å². The number of hydrogen-bond acceptors (Lipinski definition) is 3. The van der Waals surface area contributed by atoms with Gasteiger partial charge in [0.1, 0.15) is 30.2 Å². The monoisotopic (exact) mass is 492 g/mol. The van der Waals surface area contributed by atoms with Gasteiger partial charge in [0.2, 0.25) is 0 Å². The van der Waals surface area contributed by atoms with Gasteiger partial charge in [-0.15, -0.1) is 0 Å². The molecule has 1 N–H and O–H groups in total. The van der Waals surface area contributed by atoms with Crippen molar-refractivity contribution in [1.82, 2.24) is 0 Å². The maximum atomic E-state index is 15.7. The van der Waals surface area contributed by atoms with E-state index >= 15 is 4.39 Å². The molecule has 182 valence electrons. The van der Waals surface area contributed by atoms with Gasteiger partial charge in [-0.3, -0.25) is 0 Å². The van der Waals surface area contributed by atoms with Crippen molar-refractivity contribution in [2.24, 2.45) is 5.11 Å². The van der Waals surface area contributed by atoms with Crippen LogP contribution in [0.3, 0.4) is 0 Å². The Bertz CT molecular complexity index is 1420. The van der Waals surface area contributed by atoms with Gasteiger partial charge in [0.15, 0.2) is 17.3 Å². The van der Waals surface area contributed by atoms with Crippen molar-refractivity contribution in [3.63, 3.8) is 0 Å². The Kier molecular flexibility index (Phi) is 6.12. The molecule has 0 unspecified atom stereocenters. The molecule has 7 nitrogen and oxygen atoms in total. The molecule has 2 aromatic rings. The number of carboxylic acids is 1. The van der Waals surface area contributed by atoms with Crippen LogP contribution in [0.5, 0.6) is 0 Å². The molecule has 0 amide bonds. The normalized spacial score (nSPS) is 16.4. The molecule has 0 bridgehead atoms. The van der Waals surface area contributed by atoms with Crippen molar-refractivity contribution >= 4 is 28.6 Å². The summed E-state index contributed by atoms with van der Waals surface area (Å²) in [5, 5.41) is 12.7. The molecule has 0 spiro atoms. The number of azide groups is 1. The molecule has 5 rings (SSSR count). The second-order valence-corrected chi connectivity index (χ2v) is 8.69. The fraction of sp³-hybridized carbons (Fsp3) is 0.231. The first kappa shape index (κ1) is 23.4. The first-order valence-corrected chi connectivity index (χ1v) is 11.5. The molecule has 3 aliphatic rings. The second-order valence-electron chi connectivity index (χ2n) is 8.69. The first-order valence-electron chi connectivity index (χ1n) is 11.5. The Morgan fingerprint density at radius 3 is 2.11 bits per heavy atom. The zero-order valence-electron chi connectivity index (χ0n) is 19.1. The average molecular weight is 492 g/mol. The number of halogens is 3. The Morgan fingerprint density at radius 2 is 1.61 bits per heavy atom. The molecule has 0 atom stereocenters. The molecule has 0 saturated carbocycles. The van der Waals surface area contributed by atoms with Crippen LogP contribution < -0.4 is 4.90 Å². The summed E-state index contributed by atoms with van der Waals surface area (Å²) in [7, 11) is 0. The van der Waals surface area contributed by atoms with E-state index in [0.29, 0.717) is 11.1 Å². The summed E-state index contributed by atoms with van der Waals surface area (Å²) in [5.74, 6) is -6.95. The van der Waals surface area contributed by atoms with Crippen LogP contribution in [0.4, 0.5) is 24.5 Å². The van der Waals surface area contributed by atoms with Crippen molar-refractivity contribution in [3.8, 4) is 0 Å². The summed E-state index contributed by atoms with van der Waals surface area (Å²) in [4.78, 5) is 16.6. The number of allylic oxidation sites excluding steroid dienone is 5. The van der Waals surface area contributed by atoms with Crippen LogP contribution in [0.25, 0.3) is 16.0 Å². The summed E-state index contributed by atoms with van der Waals surface area (Å²) < 4.78 is 47.4. The highest BCUT2D eigenvalue weighted by Crippen LogP contribution is 2.40. The van der Waals surface area contributed by atoms with Crippen LogP contribution in [0.2, 0.25) is 0 Å². The van der Waals surface area contributed by atoms with E-state index in [4.69, 9.17) is 5.53 Å². The lowest BCUT2D eigenvalue weighted by molar-refractivity contribution is -0.582. The average Bonchev–Trinajstić information content (AvgIpc) is 2.80. The van der Waals surface area contributed by atoms with E-state index in [2.05, 4.69) is 19.5 Å². The van der Waals surface area contributed by atoms with Crippen LogP contribution in [0.15, 0.2) is 59.3 Å². The topological polar surface area (TPSA) is 92.3 Å². The highest BCUT2D eigenvalue weighted by atomic mass is 19.2. The van der Waals surface area contributed by atoms with Crippen LogP contribution >= 0.6 is 0 Å². The number of aromatic carboxylic acids is 1. The number of nitrogens with zero attached hydrogens (tertiary/aromatic N) is 5. The molecule has 0 aromatic heterocycles. The van der Waals surface area contributed by atoms with E-state index in [9.17, 15) is 18.7 Å². The zero-order valence-corrected chi connectivity index (χ0v) is 19.1. The third kappa shape index (κ3) is 3.95. The number of hydrogen-bond donors (Lipinski definition) is 1. The van der Waals surface area contributed by atoms with Crippen LogP contribution in [-0.4, -0.2) is 47.5 Å². The lowest BCUT2D eigenvalue weighted by Crippen LogP contribution is -2.36. The minimum atomic E-state index is -1.85. The van der Waals surface area contributed by atoms with Gasteiger partial charge in [-0.1, -0.05) is 17.2 Å². The molecular weight excluding hydrogens is 471 g/mol. The number of anilines is 1. The predicted octanol–water partition coefficient (Wildman–Crippen LogP) is 5.74. The number of benzene rings is 2. The number of carbonyl (C=O) groups is 1. The van der Waals surface area contributed by atoms with Gasteiger partial charge in [0.25, 0.3) is 0 Å². The van der Waals surface area contributed by atoms with E-state index in [1.807, 2.05) is 24.3 Å². The van der Waals surface area contributed by atoms with E-state index < -0.39 is 40.2 Å². The number of rotatable bonds is 5. The lowest BCUT2D eigenvalue weighted by Gasteiger charge is -2.33. The maximum Gasteiger partial charge on any atom is 0.339 e. The third-order valence-electron chi connectivity index (χ3n) is 6.66.